The molecule has 2 N–H and O–H groups in total. The van der Waals surface area contributed by atoms with Crippen LogP contribution in [-0.2, 0) is 4.79 Å². The van der Waals surface area contributed by atoms with Gasteiger partial charge < -0.3 is 10.6 Å². The number of hydrogen-bond acceptors (Lipinski definition) is 4. The fraction of sp³-hybridized carbons (Fsp3) is 0.333. The van der Waals surface area contributed by atoms with Crippen LogP contribution in [0.4, 0.5) is 5.69 Å². The van der Waals surface area contributed by atoms with Crippen LogP contribution in [0.5, 0.6) is 0 Å². The minimum atomic E-state index is 0.0855. The van der Waals surface area contributed by atoms with Crippen LogP contribution in [0.15, 0.2) is 35.8 Å². The molecule has 0 radical (unpaired) electrons. The van der Waals surface area contributed by atoms with Crippen molar-refractivity contribution in [2.45, 2.75) is 12.8 Å². The van der Waals surface area contributed by atoms with E-state index in [1.807, 2.05) is 29.6 Å². The molecule has 5 heteroatoms. The lowest BCUT2D eigenvalue weighted by Crippen LogP contribution is -2.37. The first kappa shape index (κ1) is 13.3. The second-order valence-electron chi connectivity index (χ2n) is 4.95. The molecular weight excluding hydrogens is 270 g/mol. The van der Waals surface area contributed by atoms with Gasteiger partial charge in [-0.2, -0.15) is 0 Å². The minimum absolute atomic E-state index is 0.0855. The van der Waals surface area contributed by atoms with Crippen LogP contribution in [-0.4, -0.2) is 24.0 Å². The molecule has 3 rings (SSSR count). The molecule has 1 amide bonds. The summed E-state index contributed by atoms with van der Waals surface area (Å²) in [5, 5.41) is 9.21. The average molecular weight is 287 g/mol. The van der Waals surface area contributed by atoms with Gasteiger partial charge in [-0.1, -0.05) is 0 Å². The summed E-state index contributed by atoms with van der Waals surface area (Å²) >= 11 is 1.61. The van der Waals surface area contributed by atoms with Crippen LogP contribution < -0.4 is 10.6 Å². The number of anilines is 1. The Balaban J connectivity index is 1.64. The average Bonchev–Trinajstić information content (AvgIpc) is 3.03. The van der Waals surface area contributed by atoms with Crippen LogP contribution in [0, 0.1) is 5.92 Å². The van der Waals surface area contributed by atoms with Crippen molar-refractivity contribution in [1.82, 2.24) is 10.3 Å². The molecule has 104 valence electrons. The summed E-state index contributed by atoms with van der Waals surface area (Å²) in [4.78, 5) is 16.4. The SMILES string of the molecule is O=C(Nc1ccc(-c2nccs2)cc1)[C@H]1CCCNC1. The molecule has 2 heterocycles. The van der Waals surface area contributed by atoms with Crippen molar-refractivity contribution in [3.05, 3.63) is 35.8 Å². The molecule has 1 fully saturated rings. The summed E-state index contributed by atoms with van der Waals surface area (Å²) in [6.45, 7) is 1.80. The summed E-state index contributed by atoms with van der Waals surface area (Å²) in [6, 6.07) is 7.86. The number of rotatable bonds is 3. The van der Waals surface area contributed by atoms with Crippen LogP contribution in [0.1, 0.15) is 12.8 Å². The molecule has 0 unspecified atom stereocenters. The topological polar surface area (TPSA) is 54.0 Å². The van der Waals surface area contributed by atoms with Crippen molar-refractivity contribution in [3.8, 4) is 10.6 Å². The zero-order valence-electron chi connectivity index (χ0n) is 11.1. The molecule has 1 aromatic heterocycles. The van der Waals surface area contributed by atoms with E-state index in [1.54, 1.807) is 17.5 Å². The summed E-state index contributed by atoms with van der Waals surface area (Å²) in [5.41, 5.74) is 1.93. The number of piperidine rings is 1. The lowest BCUT2D eigenvalue weighted by molar-refractivity contribution is -0.120. The Morgan fingerprint density at radius 3 is 2.85 bits per heavy atom. The van der Waals surface area contributed by atoms with E-state index in [4.69, 9.17) is 0 Å². The third kappa shape index (κ3) is 3.05. The standard InChI is InChI=1S/C15H17N3OS/c19-14(12-2-1-7-16-10-12)18-13-5-3-11(4-6-13)15-17-8-9-20-15/h3-6,8-9,12,16H,1-2,7,10H2,(H,18,19)/t12-/m0/s1. The Hall–Kier alpha value is -1.72. The van der Waals surface area contributed by atoms with E-state index in [0.29, 0.717) is 0 Å². The first-order chi connectivity index (χ1) is 9.83. The second-order valence-corrected chi connectivity index (χ2v) is 5.84. The monoisotopic (exact) mass is 287 g/mol. The van der Waals surface area contributed by atoms with Crippen molar-refractivity contribution >= 4 is 22.9 Å². The van der Waals surface area contributed by atoms with Crippen molar-refractivity contribution in [3.63, 3.8) is 0 Å². The Morgan fingerprint density at radius 2 is 2.20 bits per heavy atom. The van der Waals surface area contributed by atoms with E-state index in [9.17, 15) is 4.79 Å². The van der Waals surface area contributed by atoms with Gasteiger partial charge in [0, 0.05) is 29.4 Å². The van der Waals surface area contributed by atoms with Gasteiger partial charge in [-0.25, -0.2) is 4.98 Å². The molecule has 1 saturated heterocycles. The van der Waals surface area contributed by atoms with E-state index >= 15 is 0 Å². The normalized spacial score (nSPS) is 18.7. The number of benzene rings is 1. The van der Waals surface area contributed by atoms with E-state index in [-0.39, 0.29) is 11.8 Å². The summed E-state index contributed by atoms with van der Waals surface area (Å²) < 4.78 is 0. The van der Waals surface area contributed by atoms with Gasteiger partial charge >= 0.3 is 0 Å². The molecular formula is C15H17N3OS. The van der Waals surface area contributed by atoms with Crippen molar-refractivity contribution < 1.29 is 4.79 Å². The zero-order chi connectivity index (χ0) is 13.8. The molecule has 1 aromatic carbocycles. The Bertz CT molecular complexity index is 559. The highest BCUT2D eigenvalue weighted by Crippen LogP contribution is 2.23. The predicted molar refractivity (Wildman–Crippen MR) is 81.8 cm³/mol. The molecule has 4 nitrogen and oxygen atoms in total. The van der Waals surface area contributed by atoms with Gasteiger partial charge in [-0.05, 0) is 43.7 Å². The number of thiazole rings is 1. The predicted octanol–water partition coefficient (Wildman–Crippen LogP) is 2.75. The Labute approximate surface area is 122 Å². The quantitative estimate of drug-likeness (QED) is 0.912. The first-order valence-electron chi connectivity index (χ1n) is 6.84. The lowest BCUT2D eigenvalue weighted by Gasteiger charge is -2.21. The first-order valence-corrected chi connectivity index (χ1v) is 7.72. The van der Waals surface area contributed by atoms with Gasteiger partial charge in [0.2, 0.25) is 5.91 Å². The number of nitrogens with one attached hydrogen (secondary N) is 2. The smallest absolute Gasteiger partial charge is 0.228 e. The van der Waals surface area contributed by atoms with Gasteiger partial charge in [-0.15, -0.1) is 11.3 Å². The fourth-order valence-electron chi connectivity index (χ4n) is 2.38. The number of carbonyl (C=O) groups excluding carboxylic acids is 1. The summed E-state index contributed by atoms with van der Waals surface area (Å²) in [7, 11) is 0. The van der Waals surface area contributed by atoms with Crippen LogP contribution >= 0.6 is 11.3 Å². The van der Waals surface area contributed by atoms with Crippen LogP contribution in [0.3, 0.4) is 0 Å². The van der Waals surface area contributed by atoms with Gasteiger partial charge in [-0.3, -0.25) is 4.79 Å². The van der Waals surface area contributed by atoms with Crippen LogP contribution in [0.2, 0.25) is 0 Å². The molecule has 2 aromatic rings. The van der Waals surface area contributed by atoms with Crippen LogP contribution in [0.25, 0.3) is 10.6 Å². The number of hydrogen-bond donors (Lipinski definition) is 2. The second kappa shape index (κ2) is 6.15. The summed E-state index contributed by atoms with van der Waals surface area (Å²) in [5.74, 6) is 0.196. The van der Waals surface area contributed by atoms with Gasteiger partial charge in [0.1, 0.15) is 5.01 Å². The fourth-order valence-corrected chi connectivity index (χ4v) is 3.03. The third-order valence-electron chi connectivity index (χ3n) is 3.50. The largest absolute Gasteiger partial charge is 0.326 e. The number of amides is 1. The van der Waals surface area contributed by atoms with Crippen molar-refractivity contribution in [1.29, 1.82) is 0 Å². The minimum Gasteiger partial charge on any atom is -0.326 e. The van der Waals surface area contributed by atoms with Crippen molar-refractivity contribution in [2.24, 2.45) is 5.92 Å². The van der Waals surface area contributed by atoms with E-state index < -0.39 is 0 Å². The number of carbonyl (C=O) groups is 1. The maximum atomic E-state index is 12.1. The molecule has 0 aliphatic carbocycles. The molecule has 1 atom stereocenters. The molecule has 0 saturated carbocycles. The Kier molecular flexibility index (Phi) is 4.08. The van der Waals surface area contributed by atoms with Gasteiger partial charge in [0.15, 0.2) is 0 Å². The molecule has 0 bridgehead atoms. The lowest BCUT2D eigenvalue weighted by atomic mass is 9.99. The molecule has 1 aliphatic heterocycles. The number of aromatic nitrogens is 1. The van der Waals surface area contributed by atoms with E-state index in [0.717, 1.165) is 42.2 Å². The highest BCUT2D eigenvalue weighted by molar-refractivity contribution is 7.13. The van der Waals surface area contributed by atoms with E-state index in [2.05, 4.69) is 15.6 Å². The van der Waals surface area contributed by atoms with Gasteiger partial charge in [0.25, 0.3) is 0 Å². The molecule has 20 heavy (non-hydrogen) atoms. The highest BCUT2D eigenvalue weighted by atomic mass is 32.1. The third-order valence-corrected chi connectivity index (χ3v) is 4.32. The van der Waals surface area contributed by atoms with E-state index in [1.165, 1.54) is 0 Å². The number of nitrogens with zero attached hydrogens (tertiary/aromatic N) is 1. The maximum absolute atomic E-state index is 12.1. The summed E-state index contributed by atoms with van der Waals surface area (Å²) in [6.07, 6.45) is 3.84. The molecule has 1 aliphatic rings. The molecule has 0 spiro atoms. The zero-order valence-corrected chi connectivity index (χ0v) is 12.0. The van der Waals surface area contributed by atoms with Gasteiger partial charge in [0.05, 0.1) is 5.92 Å². The Morgan fingerprint density at radius 1 is 1.35 bits per heavy atom. The highest BCUT2D eigenvalue weighted by Gasteiger charge is 2.20. The maximum Gasteiger partial charge on any atom is 0.228 e. The van der Waals surface area contributed by atoms with Crippen molar-refractivity contribution in [2.75, 3.05) is 18.4 Å².